The molecule has 0 atom stereocenters. The molecule has 0 aliphatic heterocycles. The molecule has 4 rings (SSSR count). The number of ketones is 1. The Kier molecular flexibility index (Phi) is 3.06. The fourth-order valence-corrected chi connectivity index (χ4v) is 3.23. The van der Waals surface area contributed by atoms with Crippen molar-refractivity contribution in [3.05, 3.63) is 76.9 Å². The van der Waals surface area contributed by atoms with E-state index in [1.807, 2.05) is 0 Å². The van der Waals surface area contributed by atoms with Crippen molar-refractivity contribution in [2.75, 3.05) is 0 Å². The van der Waals surface area contributed by atoms with E-state index in [0.717, 1.165) is 0 Å². The first-order valence-electron chi connectivity index (χ1n) is 7.56. The van der Waals surface area contributed by atoms with Crippen LogP contribution >= 0.6 is 0 Å². The molecule has 0 unspecified atom stereocenters. The molecule has 0 aromatic heterocycles. The molecule has 0 heterocycles. The second-order valence-corrected chi connectivity index (χ2v) is 5.85. The number of fused-ring (bicyclic) bond motifs is 2. The fourth-order valence-electron chi connectivity index (χ4n) is 3.23. The lowest BCUT2D eigenvalue weighted by molar-refractivity contribution is 0.103. The highest BCUT2D eigenvalue weighted by molar-refractivity contribution is 6.13. The summed E-state index contributed by atoms with van der Waals surface area (Å²) in [5, 5.41) is 30.4. The second kappa shape index (κ2) is 5.13. The number of carbonyl (C=O) groups is 1. The molecular weight excluding hydrogens is 304 g/mol. The first-order chi connectivity index (χ1) is 11.6. The summed E-state index contributed by atoms with van der Waals surface area (Å²) in [7, 11) is 0. The summed E-state index contributed by atoms with van der Waals surface area (Å²) in [4.78, 5) is 12.7. The van der Waals surface area contributed by atoms with E-state index < -0.39 is 0 Å². The van der Waals surface area contributed by atoms with Crippen LogP contribution in [0.5, 0.6) is 17.2 Å². The molecule has 0 saturated heterocycles. The van der Waals surface area contributed by atoms with Gasteiger partial charge in [0, 0.05) is 34.2 Å². The molecule has 4 heteroatoms. The molecule has 3 aromatic carbocycles. The van der Waals surface area contributed by atoms with Crippen LogP contribution in [0.2, 0.25) is 0 Å². The summed E-state index contributed by atoms with van der Waals surface area (Å²) in [6.45, 7) is 0. The zero-order valence-electron chi connectivity index (χ0n) is 12.7. The summed E-state index contributed by atoms with van der Waals surface area (Å²) in [6.07, 6.45) is 0.279. The van der Waals surface area contributed by atoms with Gasteiger partial charge in [-0.2, -0.15) is 0 Å². The van der Waals surface area contributed by atoms with E-state index in [4.69, 9.17) is 0 Å². The van der Waals surface area contributed by atoms with Gasteiger partial charge in [-0.15, -0.1) is 0 Å². The van der Waals surface area contributed by atoms with Gasteiger partial charge >= 0.3 is 0 Å². The Morgan fingerprint density at radius 2 is 1.46 bits per heavy atom. The van der Waals surface area contributed by atoms with Gasteiger partial charge in [0.2, 0.25) is 0 Å². The predicted molar refractivity (Wildman–Crippen MR) is 89.6 cm³/mol. The molecule has 0 fully saturated rings. The average Bonchev–Trinajstić information content (AvgIpc) is 2.57. The van der Waals surface area contributed by atoms with Crippen molar-refractivity contribution in [1.29, 1.82) is 0 Å². The number of rotatable bonds is 1. The second-order valence-electron chi connectivity index (χ2n) is 5.85. The highest BCUT2D eigenvalue weighted by Crippen LogP contribution is 2.41. The maximum atomic E-state index is 12.7. The molecule has 0 radical (unpaired) electrons. The molecule has 0 amide bonds. The molecular formula is C20H14O4. The SMILES string of the molecule is O=C1c2cccc(O)c2Cc2c1ccc(-c1cccc(O)c1)c2O. The largest absolute Gasteiger partial charge is 0.508 e. The lowest BCUT2D eigenvalue weighted by Crippen LogP contribution is -2.15. The van der Waals surface area contributed by atoms with Crippen molar-refractivity contribution in [3.63, 3.8) is 0 Å². The van der Waals surface area contributed by atoms with E-state index in [1.54, 1.807) is 48.5 Å². The normalized spacial score (nSPS) is 12.6. The highest BCUT2D eigenvalue weighted by Gasteiger charge is 2.28. The van der Waals surface area contributed by atoms with E-state index >= 15 is 0 Å². The van der Waals surface area contributed by atoms with Crippen LogP contribution in [0.25, 0.3) is 11.1 Å². The number of phenols is 3. The maximum absolute atomic E-state index is 12.7. The predicted octanol–water partition coefficient (Wildman–Crippen LogP) is 3.61. The van der Waals surface area contributed by atoms with Gasteiger partial charge in [0.05, 0.1) is 0 Å². The number of benzene rings is 3. The van der Waals surface area contributed by atoms with Crippen molar-refractivity contribution in [2.24, 2.45) is 0 Å². The lowest BCUT2D eigenvalue weighted by Gasteiger charge is -2.21. The lowest BCUT2D eigenvalue weighted by atomic mass is 9.82. The Bertz CT molecular complexity index is 989. The summed E-state index contributed by atoms with van der Waals surface area (Å²) >= 11 is 0. The van der Waals surface area contributed by atoms with Gasteiger partial charge in [0.25, 0.3) is 0 Å². The molecule has 1 aliphatic rings. The number of hydrogen-bond acceptors (Lipinski definition) is 4. The minimum atomic E-state index is -0.208. The van der Waals surface area contributed by atoms with Crippen molar-refractivity contribution >= 4 is 5.78 Å². The molecule has 3 N–H and O–H groups in total. The molecule has 3 aromatic rings. The van der Waals surface area contributed by atoms with Gasteiger partial charge < -0.3 is 15.3 Å². The summed E-state index contributed by atoms with van der Waals surface area (Å²) < 4.78 is 0. The summed E-state index contributed by atoms with van der Waals surface area (Å²) in [5.74, 6) is -0.0578. The molecule has 118 valence electrons. The number of hydrogen-bond donors (Lipinski definition) is 3. The fraction of sp³-hybridized carbons (Fsp3) is 0.0500. The monoisotopic (exact) mass is 318 g/mol. The molecule has 0 bridgehead atoms. The van der Waals surface area contributed by atoms with Gasteiger partial charge in [-0.25, -0.2) is 0 Å². The van der Waals surface area contributed by atoms with Crippen LogP contribution in [0, 0.1) is 0 Å². The number of aromatic hydroxyl groups is 3. The van der Waals surface area contributed by atoms with Crippen LogP contribution in [-0.4, -0.2) is 21.1 Å². The standard InChI is InChI=1S/C20H14O4/c21-12-4-1-3-11(9-12)13-7-8-15-17(19(13)23)10-16-14(20(15)24)5-2-6-18(16)22/h1-9,21-23H,10H2. The highest BCUT2D eigenvalue weighted by atomic mass is 16.3. The third-order valence-corrected chi connectivity index (χ3v) is 4.43. The van der Waals surface area contributed by atoms with E-state index in [2.05, 4.69) is 0 Å². The molecule has 24 heavy (non-hydrogen) atoms. The van der Waals surface area contributed by atoms with Crippen molar-refractivity contribution in [1.82, 2.24) is 0 Å². The van der Waals surface area contributed by atoms with Crippen LogP contribution in [0.1, 0.15) is 27.0 Å². The van der Waals surface area contributed by atoms with Gasteiger partial charge in [-0.05, 0) is 35.9 Å². The minimum absolute atomic E-state index is 0.000327. The number of carbonyl (C=O) groups excluding carboxylic acids is 1. The van der Waals surface area contributed by atoms with Crippen molar-refractivity contribution < 1.29 is 20.1 Å². The van der Waals surface area contributed by atoms with Crippen molar-refractivity contribution in [3.8, 4) is 28.4 Å². The third-order valence-electron chi connectivity index (χ3n) is 4.43. The molecule has 0 saturated carbocycles. The quantitative estimate of drug-likeness (QED) is 0.501. The van der Waals surface area contributed by atoms with E-state index in [0.29, 0.717) is 33.4 Å². The zero-order valence-corrected chi connectivity index (χ0v) is 12.7. The van der Waals surface area contributed by atoms with Gasteiger partial charge in [-0.1, -0.05) is 24.3 Å². The summed E-state index contributed by atoms with van der Waals surface area (Å²) in [6, 6.07) is 14.8. The average molecular weight is 318 g/mol. The summed E-state index contributed by atoms with van der Waals surface area (Å²) in [5.41, 5.74) is 3.12. The first kappa shape index (κ1) is 14.3. The van der Waals surface area contributed by atoms with E-state index in [9.17, 15) is 20.1 Å². The Morgan fingerprint density at radius 3 is 2.25 bits per heavy atom. The first-order valence-corrected chi connectivity index (χ1v) is 7.56. The van der Waals surface area contributed by atoms with E-state index in [1.165, 1.54) is 6.07 Å². The Morgan fingerprint density at radius 1 is 0.750 bits per heavy atom. The van der Waals surface area contributed by atoms with E-state index in [-0.39, 0.29) is 29.5 Å². The maximum Gasteiger partial charge on any atom is 0.193 e. The molecule has 1 aliphatic carbocycles. The molecule has 4 nitrogen and oxygen atoms in total. The van der Waals surface area contributed by atoms with Gasteiger partial charge in [0.15, 0.2) is 5.78 Å². The zero-order chi connectivity index (χ0) is 16.8. The van der Waals surface area contributed by atoms with Gasteiger partial charge in [-0.3, -0.25) is 4.79 Å². The Balaban J connectivity index is 1.91. The van der Waals surface area contributed by atoms with Crippen LogP contribution < -0.4 is 0 Å². The van der Waals surface area contributed by atoms with Crippen LogP contribution in [0.15, 0.2) is 54.6 Å². The van der Waals surface area contributed by atoms with Crippen LogP contribution in [0.3, 0.4) is 0 Å². The minimum Gasteiger partial charge on any atom is -0.508 e. The topological polar surface area (TPSA) is 77.8 Å². The molecule has 0 spiro atoms. The smallest absolute Gasteiger partial charge is 0.193 e. The van der Waals surface area contributed by atoms with Crippen LogP contribution in [-0.2, 0) is 6.42 Å². The Hall–Kier alpha value is -3.27. The number of phenolic OH excluding ortho intramolecular Hbond substituents is 3. The van der Waals surface area contributed by atoms with Gasteiger partial charge in [0.1, 0.15) is 17.2 Å². The van der Waals surface area contributed by atoms with Crippen LogP contribution in [0.4, 0.5) is 0 Å². The Labute approximate surface area is 138 Å². The van der Waals surface area contributed by atoms with Crippen molar-refractivity contribution in [2.45, 2.75) is 6.42 Å². The third kappa shape index (κ3) is 2.04.